The lowest BCUT2D eigenvalue weighted by Gasteiger charge is -2.26. The second kappa shape index (κ2) is 7.01. The summed E-state index contributed by atoms with van der Waals surface area (Å²) in [7, 11) is 1.50. The van der Waals surface area contributed by atoms with Crippen LogP contribution >= 0.6 is 11.6 Å². The molecule has 0 saturated carbocycles. The van der Waals surface area contributed by atoms with Crippen LogP contribution in [0.1, 0.15) is 33.3 Å². The van der Waals surface area contributed by atoms with E-state index in [1.165, 1.54) is 18.9 Å². The Morgan fingerprint density at radius 2 is 1.91 bits per heavy atom. The Hall–Kier alpha value is -1.75. The molecule has 22 heavy (non-hydrogen) atoms. The van der Waals surface area contributed by atoms with Crippen molar-refractivity contribution in [3.05, 3.63) is 22.7 Å². The van der Waals surface area contributed by atoms with E-state index in [9.17, 15) is 9.59 Å². The number of aryl methyl sites for hydroxylation is 1. The first-order valence-electron chi connectivity index (χ1n) is 6.98. The number of benzene rings is 1. The summed E-state index contributed by atoms with van der Waals surface area (Å²) in [6.45, 7) is 8.82. The van der Waals surface area contributed by atoms with Crippen LogP contribution in [0.2, 0.25) is 5.02 Å². The number of hydrogen-bond acceptors (Lipinski definition) is 3. The topological polar surface area (TPSA) is 58.6 Å². The predicted molar refractivity (Wildman–Crippen MR) is 88.7 cm³/mol. The number of carbonyl (C=O) groups is 2. The van der Waals surface area contributed by atoms with Crippen molar-refractivity contribution in [3.8, 4) is 5.75 Å². The highest BCUT2D eigenvalue weighted by Crippen LogP contribution is 2.33. The Bertz CT molecular complexity index is 579. The number of methoxy groups -OCH3 is 1. The van der Waals surface area contributed by atoms with Crippen molar-refractivity contribution in [1.29, 1.82) is 0 Å². The molecule has 0 saturated heterocycles. The van der Waals surface area contributed by atoms with Gasteiger partial charge in [-0.25, -0.2) is 0 Å². The molecule has 0 heterocycles. The average Bonchev–Trinajstić information content (AvgIpc) is 2.36. The summed E-state index contributed by atoms with van der Waals surface area (Å²) < 4.78 is 5.28. The van der Waals surface area contributed by atoms with Crippen molar-refractivity contribution in [2.75, 3.05) is 18.6 Å². The smallest absolute Gasteiger partial charge is 0.240 e. The minimum absolute atomic E-state index is 0.0793. The third-order valence-electron chi connectivity index (χ3n) is 2.95. The molecule has 1 aromatic carbocycles. The molecule has 0 spiro atoms. The normalized spacial score (nSPS) is 11.0. The van der Waals surface area contributed by atoms with Crippen LogP contribution in [0, 0.1) is 6.92 Å². The minimum atomic E-state index is -0.362. The quantitative estimate of drug-likeness (QED) is 0.925. The average molecular weight is 327 g/mol. The van der Waals surface area contributed by atoms with Gasteiger partial charge in [-0.1, -0.05) is 11.6 Å². The third-order valence-corrected chi connectivity index (χ3v) is 3.35. The molecule has 0 atom stereocenters. The summed E-state index contributed by atoms with van der Waals surface area (Å²) in [5, 5.41) is 3.38. The van der Waals surface area contributed by atoms with E-state index in [4.69, 9.17) is 16.3 Å². The van der Waals surface area contributed by atoms with E-state index in [-0.39, 0.29) is 23.9 Å². The molecule has 5 nitrogen and oxygen atoms in total. The Morgan fingerprint density at radius 3 is 2.36 bits per heavy atom. The van der Waals surface area contributed by atoms with Gasteiger partial charge in [0, 0.05) is 23.6 Å². The molecule has 2 amide bonds. The van der Waals surface area contributed by atoms with Crippen LogP contribution in [0.5, 0.6) is 5.75 Å². The van der Waals surface area contributed by atoms with E-state index in [0.29, 0.717) is 16.5 Å². The molecule has 1 aromatic rings. The number of halogens is 1. The van der Waals surface area contributed by atoms with Gasteiger partial charge in [0.2, 0.25) is 11.8 Å². The molecular formula is C16H23ClN2O3. The Balaban J connectivity index is 3.14. The zero-order valence-electron chi connectivity index (χ0n) is 13.9. The van der Waals surface area contributed by atoms with Gasteiger partial charge in [-0.2, -0.15) is 0 Å². The van der Waals surface area contributed by atoms with E-state index in [1.807, 2.05) is 27.7 Å². The number of hydrogen-bond donors (Lipinski definition) is 1. The van der Waals surface area contributed by atoms with Crippen LogP contribution in [-0.4, -0.2) is 31.0 Å². The molecule has 0 aliphatic rings. The van der Waals surface area contributed by atoms with Gasteiger partial charge >= 0.3 is 0 Å². The molecular weight excluding hydrogens is 304 g/mol. The monoisotopic (exact) mass is 326 g/mol. The second-order valence-corrected chi connectivity index (χ2v) is 6.58. The van der Waals surface area contributed by atoms with Gasteiger partial charge < -0.3 is 10.1 Å². The maximum absolute atomic E-state index is 12.1. The Morgan fingerprint density at radius 1 is 1.32 bits per heavy atom. The first-order chi connectivity index (χ1) is 10.0. The minimum Gasteiger partial charge on any atom is -0.495 e. The van der Waals surface area contributed by atoms with Crippen LogP contribution in [-0.2, 0) is 9.59 Å². The fourth-order valence-corrected chi connectivity index (χ4v) is 2.14. The van der Waals surface area contributed by atoms with E-state index < -0.39 is 0 Å². The SMILES string of the molecule is COc1cc(Cl)c(C)cc1N(CC(=O)NC(C)(C)C)C(C)=O. The lowest BCUT2D eigenvalue weighted by Crippen LogP contribution is -2.47. The number of amides is 2. The fraction of sp³-hybridized carbons (Fsp3) is 0.500. The van der Waals surface area contributed by atoms with Crippen molar-refractivity contribution in [2.45, 2.75) is 40.2 Å². The lowest BCUT2D eigenvalue weighted by atomic mass is 10.1. The maximum atomic E-state index is 12.1. The molecule has 0 aliphatic carbocycles. The van der Waals surface area contributed by atoms with Crippen molar-refractivity contribution < 1.29 is 14.3 Å². The highest BCUT2D eigenvalue weighted by atomic mass is 35.5. The van der Waals surface area contributed by atoms with Crippen LogP contribution in [0.15, 0.2) is 12.1 Å². The number of ether oxygens (including phenoxy) is 1. The largest absolute Gasteiger partial charge is 0.495 e. The van der Waals surface area contributed by atoms with E-state index in [0.717, 1.165) is 5.56 Å². The molecule has 0 radical (unpaired) electrons. The Labute approximate surface area is 136 Å². The summed E-state index contributed by atoms with van der Waals surface area (Å²) in [4.78, 5) is 25.5. The van der Waals surface area contributed by atoms with Gasteiger partial charge in [-0.15, -0.1) is 0 Å². The summed E-state index contributed by atoms with van der Waals surface area (Å²) in [6, 6.07) is 3.39. The maximum Gasteiger partial charge on any atom is 0.240 e. The van der Waals surface area contributed by atoms with Crippen molar-refractivity contribution >= 4 is 29.1 Å². The summed E-state index contributed by atoms with van der Waals surface area (Å²) in [6.07, 6.45) is 0. The highest BCUT2D eigenvalue weighted by molar-refractivity contribution is 6.31. The van der Waals surface area contributed by atoms with Gasteiger partial charge in [0.25, 0.3) is 0 Å². The Kier molecular flexibility index (Phi) is 5.83. The highest BCUT2D eigenvalue weighted by Gasteiger charge is 2.22. The number of anilines is 1. The van der Waals surface area contributed by atoms with Crippen LogP contribution in [0.3, 0.4) is 0 Å². The van der Waals surface area contributed by atoms with Gasteiger partial charge in [-0.05, 0) is 39.3 Å². The number of nitrogens with one attached hydrogen (secondary N) is 1. The van der Waals surface area contributed by atoms with Gasteiger partial charge in [0.1, 0.15) is 12.3 Å². The predicted octanol–water partition coefficient (Wildman–Crippen LogP) is 2.92. The summed E-state index contributed by atoms with van der Waals surface area (Å²) >= 11 is 6.08. The van der Waals surface area contributed by atoms with Crippen molar-refractivity contribution in [2.24, 2.45) is 0 Å². The van der Waals surface area contributed by atoms with E-state index in [1.54, 1.807) is 12.1 Å². The van der Waals surface area contributed by atoms with Crippen molar-refractivity contribution in [1.82, 2.24) is 5.32 Å². The number of nitrogens with zero attached hydrogens (tertiary/aromatic N) is 1. The fourth-order valence-electron chi connectivity index (χ4n) is 1.99. The standard InChI is InChI=1S/C16H23ClN2O3/c1-10-7-13(14(22-6)8-12(10)17)19(11(2)20)9-15(21)18-16(3,4)5/h7-8H,9H2,1-6H3,(H,18,21). The van der Waals surface area contributed by atoms with Gasteiger partial charge in [-0.3, -0.25) is 14.5 Å². The molecule has 0 bridgehead atoms. The van der Waals surface area contributed by atoms with Gasteiger partial charge in [0.05, 0.1) is 12.8 Å². The second-order valence-electron chi connectivity index (χ2n) is 6.18. The first-order valence-corrected chi connectivity index (χ1v) is 7.36. The molecule has 0 aliphatic heterocycles. The third kappa shape index (κ3) is 4.91. The van der Waals surface area contributed by atoms with Gasteiger partial charge in [0.15, 0.2) is 0 Å². The number of carbonyl (C=O) groups excluding carboxylic acids is 2. The molecule has 1 N–H and O–H groups in total. The van der Waals surface area contributed by atoms with Crippen molar-refractivity contribution in [3.63, 3.8) is 0 Å². The van der Waals surface area contributed by atoms with Crippen LogP contribution in [0.4, 0.5) is 5.69 Å². The van der Waals surface area contributed by atoms with Crippen LogP contribution in [0.25, 0.3) is 0 Å². The molecule has 1 rings (SSSR count). The molecule has 0 aromatic heterocycles. The molecule has 0 unspecified atom stereocenters. The first kappa shape index (κ1) is 18.3. The van der Waals surface area contributed by atoms with E-state index in [2.05, 4.69) is 5.32 Å². The molecule has 122 valence electrons. The van der Waals surface area contributed by atoms with E-state index >= 15 is 0 Å². The molecule has 0 fully saturated rings. The zero-order valence-corrected chi connectivity index (χ0v) is 14.7. The zero-order chi connectivity index (χ0) is 17.1. The molecule has 6 heteroatoms. The lowest BCUT2D eigenvalue weighted by molar-refractivity contribution is -0.124. The number of rotatable bonds is 4. The summed E-state index contributed by atoms with van der Waals surface area (Å²) in [5.41, 5.74) is 0.973. The summed E-state index contributed by atoms with van der Waals surface area (Å²) in [5.74, 6) is -0.0317. The van der Waals surface area contributed by atoms with Crippen LogP contribution < -0.4 is 15.0 Å².